The number of rotatable bonds is 8. The first-order valence-electron chi connectivity index (χ1n) is 7.80. The van der Waals surface area contributed by atoms with Gasteiger partial charge in [-0.15, -0.1) is 0 Å². The second kappa shape index (κ2) is 8.52. The molecule has 2 aromatic rings. The number of carbonyl (C=O) groups excluding carboxylic acids is 1. The molecule has 2 aromatic heterocycles. The summed E-state index contributed by atoms with van der Waals surface area (Å²) >= 11 is 6.04. The smallest absolute Gasteiger partial charge is 0.282 e. The van der Waals surface area contributed by atoms with Gasteiger partial charge in [0.1, 0.15) is 17.9 Å². The molecule has 0 aliphatic heterocycles. The van der Waals surface area contributed by atoms with Gasteiger partial charge in [0.25, 0.3) is 12.9 Å². The first kappa shape index (κ1) is 20.2. The maximum absolute atomic E-state index is 12.9. The molecule has 0 fully saturated rings. The van der Waals surface area contributed by atoms with E-state index in [1.54, 1.807) is 11.6 Å². The van der Waals surface area contributed by atoms with Crippen LogP contribution < -0.4 is 5.32 Å². The quantitative estimate of drug-likeness (QED) is 0.550. The fourth-order valence-electron chi connectivity index (χ4n) is 2.40. The van der Waals surface area contributed by atoms with Crippen LogP contribution in [0.1, 0.15) is 42.0 Å². The van der Waals surface area contributed by atoms with E-state index in [0.29, 0.717) is 34.4 Å². The number of halogens is 5. The highest BCUT2D eigenvalue weighted by atomic mass is 35.5. The Hall–Kier alpha value is -2.10. The lowest BCUT2D eigenvalue weighted by Gasteiger charge is -2.09. The minimum absolute atomic E-state index is 0.266. The van der Waals surface area contributed by atoms with Gasteiger partial charge >= 0.3 is 0 Å². The van der Waals surface area contributed by atoms with Gasteiger partial charge in [-0.2, -0.15) is 10.2 Å². The first-order chi connectivity index (χ1) is 12.2. The van der Waals surface area contributed by atoms with Crippen LogP contribution in [0.2, 0.25) is 5.02 Å². The second-order valence-corrected chi connectivity index (χ2v) is 6.04. The van der Waals surface area contributed by atoms with E-state index in [1.165, 1.54) is 0 Å². The lowest BCUT2D eigenvalue weighted by Crippen LogP contribution is -2.30. The Kier molecular flexibility index (Phi) is 6.63. The summed E-state index contributed by atoms with van der Waals surface area (Å²) in [6.45, 7) is 3.83. The van der Waals surface area contributed by atoms with Gasteiger partial charge in [0.2, 0.25) is 5.91 Å². The van der Waals surface area contributed by atoms with E-state index in [1.807, 2.05) is 6.92 Å². The highest BCUT2D eigenvalue weighted by Gasteiger charge is 2.22. The predicted octanol–water partition coefficient (Wildman–Crippen LogP) is 3.43. The van der Waals surface area contributed by atoms with E-state index in [9.17, 15) is 22.4 Å². The van der Waals surface area contributed by atoms with E-state index in [4.69, 9.17) is 11.6 Å². The highest BCUT2D eigenvalue weighted by Crippen LogP contribution is 2.25. The summed E-state index contributed by atoms with van der Waals surface area (Å²) in [7, 11) is 0. The third kappa shape index (κ3) is 4.75. The van der Waals surface area contributed by atoms with Gasteiger partial charge in [-0.3, -0.25) is 14.2 Å². The topological polar surface area (TPSA) is 64.7 Å². The van der Waals surface area contributed by atoms with Crippen LogP contribution in [-0.4, -0.2) is 32.0 Å². The number of nitrogens with zero attached hydrogens (tertiary/aromatic N) is 4. The highest BCUT2D eigenvalue weighted by molar-refractivity contribution is 6.31. The lowest BCUT2D eigenvalue weighted by molar-refractivity contribution is -0.121. The summed E-state index contributed by atoms with van der Waals surface area (Å²) in [6.07, 6.45) is -5.45. The van der Waals surface area contributed by atoms with Crippen molar-refractivity contribution in [1.29, 1.82) is 0 Å². The van der Waals surface area contributed by atoms with Gasteiger partial charge in [-0.1, -0.05) is 11.6 Å². The number of aryl methyl sites for hydroxylation is 2. The number of aromatic nitrogens is 4. The molecular weight excluding hydrogens is 378 g/mol. The molecule has 2 rings (SSSR count). The maximum atomic E-state index is 12.9. The molecule has 0 bridgehead atoms. The molecule has 1 amide bonds. The van der Waals surface area contributed by atoms with E-state index in [-0.39, 0.29) is 6.54 Å². The van der Waals surface area contributed by atoms with Gasteiger partial charge < -0.3 is 5.32 Å². The Morgan fingerprint density at radius 2 is 1.88 bits per heavy atom. The van der Waals surface area contributed by atoms with Crippen molar-refractivity contribution in [2.45, 2.75) is 46.2 Å². The number of carbonyl (C=O) groups is 1. The van der Waals surface area contributed by atoms with Gasteiger partial charge in [-0.05, 0) is 26.3 Å². The number of alkyl halides is 4. The molecule has 0 unspecified atom stereocenters. The zero-order valence-corrected chi connectivity index (χ0v) is 14.9. The third-order valence-electron chi connectivity index (χ3n) is 3.73. The molecular formula is C15H18ClF4N5O. The van der Waals surface area contributed by atoms with Crippen LogP contribution in [0.3, 0.4) is 0 Å². The van der Waals surface area contributed by atoms with E-state index >= 15 is 0 Å². The normalized spacial score (nSPS) is 11.6. The monoisotopic (exact) mass is 395 g/mol. The van der Waals surface area contributed by atoms with Crippen molar-refractivity contribution < 1.29 is 22.4 Å². The molecule has 0 spiro atoms. The molecule has 0 atom stereocenters. The molecule has 2 heterocycles. The Morgan fingerprint density at radius 1 is 1.19 bits per heavy atom. The Labute approximate surface area is 152 Å². The van der Waals surface area contributed by atoms with E-state index in [2.05, 4.69) is 15.5 Å². The molecule has 144 valence electrons. The maximum Gasteiger partial charge on any atom is 0.282 e. The van der Waals surface area contributed by atoms with Crippen molar-refractivity contribution in [3.63, 3.8) is 0 Å². The second-order valence-electron chi connectivity index (χ2n) is 5.66. The van der Waals surface area contributed by atoms with Gasteiger partial charge in [-0.25, -0.2) is 17.6 Å². The molecule has 0 aromatic carbocycles. The predicted molar refractivity (Wildman–Crippen MR) is 86.5 cm³/mol. The van der Waals surface area contributed by atoms with Crippen molar-refractivity contribution in [3.05, 3.63) is 33.9 Å². The molecule has 11 heteroatoms. The molecule has 6 nitrogen and oxygen atoms in total. The molecule has 26 heavy (non-hydrogen) atoms. The molecule has 0 aliphatic carbocycles. The van der Waals surface area contributed by atoms with Gasteiger partial charge in [0, 0.05) is 13.1 Å². The van der Waals surface area contributed by atoms with Crippen molar-refractivity contribution in [2.24, 2.45) is 0 Å². The average Bonchev–Trinajstić information content (AvgIpc) is 3.09. The summed E-state index contributed by atoms with van der Waals surface area (Å²) in [6, 6.07) is 0.606. The van der Waals surface area contributed by atoms with Gasteiger partial charge in [0.15, 0.2) is 0 Å². The summed E-state index contributed by atoms with van der Waals surface area (Å²) < 4.78 is 53.2. The molecule has 0 saturated heterocycles. The largest absolute Gasteiger partial charge is 0.354 e. The number of nitrogens with one attached hydrogen (secondary N) is 1. The van der Waals surface area contributed by atoms with Crippen LogP contribution in [0.5, 0.6) is 0 Å². The summed E-state index contributed by atoms with van der Waals surface area (Å²) in [4.78, 5) is 11.9. The average molecular weight is 396 g/mol. The van der Waals surface area contributed by atoms with Crippen molar-refractivity contribution in [2.75, 3.05) is 6.54 Å². The first-order valence-corrected chi connectivity index (χ1v) is 8.18. The summed E-state index contributed by atoms with van der Waals surface area (Å²) in [5.74, 6) is -0.595. The SMILES string of the molecule is Cc1nn(CCCNC(=O)Cn2nc(C(F)F)cc2C(F)F)c(C)c1Cl. The Morgan fingerprint density at radius 3 is 2.42 bits per heavy atom. The van der Waals surface area contributed by atoms with Crippen LogP contribution in [0.4, 0.5) is 17.6 Å². The molecule has 0 aliphatic rings. The third-order valence-corrected chi connectivity index (χ3v) is 4.28. The molecule has 1 N–H and O–H groups in total. The Bertz CT molecular complexity index is 774. The molecule has 0 radical (unpaired) electrons. The van der Waals surface area contributed by atoms with Crippen LogP contribution in [-0.2, 0) is 17.9 Å². The summed E-state index contributed by atoms with van der Waals surface area (Å²) in [5, 5.41) is 10.7. The van der Waals surface area contributed by atoms with Crippen LogP contribution in [0.15, 0.2) is 6.07 Å². The van der Waals surface area contributed by atoms with Crippen molar-refractivity contribution in [1.82, 2.24) is 24.9 Å². The standard InChI is InChI=1S/C15H18ClF4N5O/c1-8-13(16)9(2)24(22-8)5-3-4-21-12(26)7-25-11(15(19)20)6-10(23-25)14(17)18/h6,14-15H,3-5,7H2,1-2H3,(H,21,26). The molecule has 0 saturated carbocycles. The number of amides is 1. The lowest BCUT2D eigenvalue weighted by atomic mass is 10.3. The van der Waals surface area contributed by atoms with Crippen molar-refractivity contribution in [3.8, 4) is 0 Å². The minimum atomic E-state index is -3.00. The number of hydrogen-bond donors (Lipinski definition) is 1. The zero-order chi connectivity index (χ0) is 19.4. The van der Waals surface area contributed by atoms with Crippen LogP contribution in [0, 0.1) is 13.8 Å². The fourth-order valence-corrected chi connectivity index (χ4v) is 2.54. The van der Waals surface area contributed by atoms with Crippen LogP contribution >= 0.6 is 11.6 Å². The van der Waals surface area contributed by atoms with E-state index in [0.717, 1.165) is 5.69 Å². The minimum Gasteiger partial charge on any atom is -0.354 e. The number of hydrogen-bond acceptors (Lipinski definition) is 3. The Balaban J connectivity index is 1.86. The van der Waals surface area contributed by atoms with E-state index < -0.39 is 36.7 Å². The fraction of sp³-hybridized carbons (Fsp3) is 0.533. The summed E-state index contributed by atoms with van der Waals surface area (Å²) in [5.41, 5.74) is 0.0247. The van der Waals surface area contributed by atoms with Crippen LogP contribution in [0.25, 0.3) is 0 Å². The van der Waals surface area contributed by atoms with Gasteiger partial charge in [0.05, 0.1) is 16.4 Å². The van der Waals surface area contributed by atoms with Crippen molar-refractivity contribution >= 4 is 17.5 Å². The zero-order valence-electron chi connectivity index (χ0n) is 14.1.